The van der Waals surface area contributed by atoms with Gasteiger partial charge in [0.2, 0.25) is 5.95 Å². The highest BCUT2D eigenvalue weighted by atomic mass is 16.5. The maximum atomic E-state index is 12.2. The van der Waals surface area contributed by atoms with Gasteiger partial charge in [0.15, 0.2) is 0 Å². The number of amides is 2. The normalized spacial score (nSPS) is 28.0. The fourth-order valence-electron chi connectivity index (χ4n) is 3.37. The summed E-state index contributed by atoms with van der Waals surface area (Å²) in [4.78, 5) is 25.0. The van der Waals surface area contributed by atoms with Crippen LogP contribution in [0.25, 0.3) is 0 Å². The third-order valence-electron chi connectivity index (χ3n) is 4.87. The lowest BCUT2D eigenvalue weighted by Gasteiger charge is -2.37. The summed E-state index contributed by atoms with van der Waals surface area (Å²) in [6.45, 7) is 3.83. The Morgan fingerprint density at radius 2 is 2.00 bits per heavy atom. The number of fused-ring (bicyclic) bond motifs is 1. The van der Waals surface area contributed by atoms with Gasteiger partial charge >= 0.3 is 6.03 Å². The van der Waals surface area contributed by atoms with Gasteiger partial charge in [-0.15, -0.1) is 0 Å². The van der Waals surface area contributed by atoms with Crippen molar-refractivity contribution < 1.29 is 9.53 Å². The predicted octanol–water partition coefficient (Wildman–Crippen LogP) is 0.876. The summed E-state index contributed by atoms with van der Waals surface area (Å²) in [5, 5.41) is 3.07. The highest BCUT2D eigenvalue weighted by Crippen LogP contribution is 2.26. The lowest BCUT2D eigenvalue weighted by Crippen LogP contribution is -2.52. The topological polar surface area (TPSA) is 70.6 Å². The number of piperidine rings is 1. The molecule has 4 rings (SSSR count). The van der Waals surface area contributed by atoms with Crippen LogP contribution in [0.2, 0.25) is 0 Å². The molecule has 1 N–H and O–H groups in total. The Balaban J connectivity index is 1.38. The van der Waals surface area contributed by atoms with Gasteiger partial charge in [-0.3, -0.25) is 0 Å². The van der Waals surface area contributed by atoms with Gasteiger partial charge in [0, 0.05) is 50.5 Å². The third kappa shape index (κ3) is 3.39. The van der Waals surface area contributed by atoms with Crippen LogP contribution in [0, 0.1) is 5.92 Å². The van der Waals surface area contributed by atoms with Crippen LogP contribution in [0.5, 0.6) is 0 Å². The Morgan fingerprint density at radius 1 is 1.17 bits per heavy atom. The molecule has 1 aromatic rings. The summed E-state index contributed by atoms with van der Waals surface area (Å²) in [6, 6.07) is 2.31. The van der Waals surface area contributed by atoms with Gasteiger partial charge in [-0.1, -0.05) is 0 Å². The zero-order valence-electron chi connectivity index (χ0n) is 13.2. The van der Waals surface area contributed by atoms with Gasteiger partial charge in [0.1, 0.15) is 0 Å². The molecular weight excluding hydrogens is 294 g/mol. The average molecular weight is 317 g/mol. The number of nitrogens with one attached hydrogen (secondary N) is 1. The summed E-state index contributed by atoms with van der Waals surface area (Å²) in [5.41, 5.74) is 0. The number of hydrogen-bond acceptors (Lipinski definition) is 5. The van der Waals surface area contributed by atoms with Gasteiger partial charge in [-0.25, -0.2) is 14.8 Å². The second kappa shape index (κ2) is 6.31. The van der Waals surface area contributed by atoms with Gasteiger partial charge in [-0.2, -0.15) is 0 Å². The molecule has 7 nitrogen and oxygen atoms in total. The number of nitrogens with zero attached hydrogens (tertiary/aromatic N) is 4. The van der Waals surface area contributed by atoms with Crippen LogP contribution in [0.3, 0.4) is 0 Å². The Hall–Kier alpha value is -1.89. The minimum Gasteiger partial charge on any atom is -0.374 e. The molecule has 0 bridgehead atoms. The zero-order valence-corrected chi connectivity index (χ0v) is 13.2. The minimum absolute atomic E-state index is 0.0713. The predicted molar refractivity (Wildman–Crippen MR) is 85.2 cm³/mol. The van der Waals surface area contributed by atoms with Crippen molar-refractivity contribution in [2.75, 3.05) is 37.7 Å². The largest absolute Gasteiger partial charge is 0.374 e. The van der Waals surface area contributed by atoms with E-state index in [1.54, 1.807) is 12.4 Å². The lowest BCUT2D eigenvalue weighted by atomic mass is 9.93. The van der Waals surface area contributed by atoms with Crippen LogP contribution in [0.15, 0.2) is 18.5 Å². The van der Waals surface area contributed by atoms with Crippen molar-refractivity contribution in [2.45, 2.75) is 31.4 Å². The van der Waals surface area contributed by atoms with E-state index >= 15 is 0 Å². The average Bonchev–Trinajstić information content (AvgIpc) is 3.41. The molecule has 1 saturated carbocycles. The number of carbonyl (C=O) groups is 1. The Labute approximate surface area is 136 Å². The number of carbonyl (C=O) groups excluding carboxylic acids is 1. The summed E-state index contributed by atoms with van der Waals surface area (Å²) >= 11 is 0. The van der Waals surface area contributed by atoms with Crippen molar-refractivity contribution in [3.05, 3.63) is 18.5 Å². The molecule has 2 aliphatic heterocycles. The summed E-state index contributed by atoms with van der Waals surface area (Å²) < 4.78 is 6.04. The van der Waals surface area contributed by atoms with Crippen LogP contribution in [-0.2, 0) is 4.74 Å². The maximum absolute atomic E-state index is 12.2. The lowest BCUT2D eigenvalue weighted by molar-refractivity contribution is -0.0110. The number of ether oxygens (including phenoxy) is 1. The Kier molecular flexibility index (Phi) is 4.03. The van der Waals surface area contributed by atoms with E-state index in [2.05, 4.69) is 20.2 Å². The molecule has 124 valence electrons. The molecular formula is C16H23N5O2. The molecule has 2 saturated heterocycles. The van der Waals surface area contributed by atoms with E-state index in [-0.39, 0.29) is 12.1 Å². The minimum atomic E-state index is 0.0713. The highest BCUT2D eigenvalue weighted by molar-refractivity contribution is 5.75. The Bertz CT molecular complexity index is 551. The van der Waals surface area contributed by atoms with Crippen LogP contribution in [-0.4, -0.2) is 65.8 Å². The number of hydrogen-bond donors (Lipinski definition) is 1. The van der Waals surface area contributed by atoms with E-state index in [0.717, 1.165) is 44.8 Å². The number of anilines is 1. The molecule has 2 atom stereocenters. The van der Waals surface area contributed by atoms with E-state index in [1.165, 1.54) is 0 Å². The summed E-state index contributed by atoms with van der Waals surface area (Å²) in [6.07, 6.45) is 6.86. The number of rotatable bonds is 2. The first-order chi connectivity index (χ1) is 11.3. The van der Waals surface area contributed by atoms with Crippen molar-refractivity contribution in [3.8, 4) is 0 Å². The molecule has 1 aliphatic carbocycles. The molecule has 0 aromatic carbocycles. The first-order valence-electron chi connectivity index (χ1n) is 8.48. The molecule has 0 spiro atoms. The molecule has 23 heavy (non-hydrogen) atoms. The highest BCUT2D eigenvalue weighted by Gasteiger charge is 2.36. The molecule has 0 radical (unpaired) electrons. The van der Waals surface area contributed by atoms with Crippen LogP contribution < -0.4 is 10.2 Å². The van der Waals surface area contributed by atoms with Crippen molar-refractivity contribution in [1.29, 1.82) is 0 Å². The van der Waals surface area contributed by atoms with Crippen molar-refractivity contribution in [3.63, 3.8) is 0 Å². The standard InChI is InChI=1S/C16H23N5O2/c22-16(19-13-2-3-13)21-7-4-12-10-20(8-9-23-14(12)11-21)15-17-5-1-6-18-15/h1,5-6,12-14H,2-4,7-11H2,(H,19,22)/t12-,14-/m0/s1. The van der Waals surface area contributed by atoms with Gasteiger partial charge in [0.05, 0.1) is 12.7 Å². The van der Waals surface area contributed by atoms with E-state index in [1.807, 2.05) is 11.0 Å². The fraction of sp³-hybridized carbons (Fsp3) is 0.688. The third-order valence-corrected chi connectivity index (χ3v) is 4.87. The van der Waals surface area contributed by atoms with E-state index in [9.17, 15) is 4.79 Å². The molecule has 1 aromatic heterocycles. The quantitative estimate of drug-likeness (QED) is 0.877. The van der Waals surface area contributed by atoms with Crippen LogP contribution >= 0.6 is 0 Å². The first kappa shape index (κ1) is 14.7. The smallest absolute Gasteiger partial charge is 0.317 e. The van der Waals surface area contributed by atoms with E-state index in [4.69, 9.17) is 4.74 Å². The second-order valence-electron chi connectivity index (χ2n) is 6.62. The van der Waals surface area contributed by atoms with Crippen LogP contribution in [0.1, 0.15) is 19.3 Å². The second-order valence-corrected chi connectivity index (χ2v) is 6.62. The van der Waals surface area contributed by atoms with E-state index < -0.39 is 0 Å². The SMILES string of the molecule is O=C(NC1CC1)N1CC[C@H]2CN(c3ncccn3)CCO[C@H]2C1. The van der Waals surface area contributed by atoms with Gasteiger partial charge in [-0.05, 0) is 25.3 Å². The van der Waals surface area contributed by atoms with Crippen LogP contribution in [0.4, 0.5) is 10.7 Å². The molecule has 3 fully saturated rings. The molecule has 0 unspecified atom stereocenters. The summed E-state index contributed by atoms with van der Waals surface area (Å²) in [7, 11) is 0. The molecule has 2 amide bonds. The summed E-state index contributed by atoms with van der Waals surface area (Å²) in [5.74, 6) is 1.19. The first-order valence-corrected chi connectivity index (χ1v) is 8.48. The van der Waals surface area contributed by atoms with Gasteiger partial charge in [0.25, 0.3) is 0 Å². The molecule has 3 aliphatic rings. The molecule has 7 heteroatoms. The number of urea groups is 1. The monoisotopic (exact) mass is 317 g/mol. The maximum Gasteiger partial charge on any atom is 0.317 e. The van der Waals surface area contributed by atoms with Crippen molar-refractivity contribution in [1.82, 2.24) is 20.2 Å². The van der Waals surface area contributed by atoms with E-state index in [0.29, 0.717) is 25.1 Å². The fourth-order valence-corrected chi connectivity index (χ4v) is 3.37. The van der Waals surface area contributed by atoms with Crippen molar-refractivity contribution >= 4 is 12.0 Å². The number of aromatic nitrogens is 2. The zero-order chi connectivity index (χ0) is 15.6. The van der Waals surface area contributed by atoms with Gasteiger partial charge < -0.3 is 19.9 Å². The number of likely N-dealkylation sites (tertiary alicyclic amines) is 1. The molecule has 3 heterocycles. The Morgan fingerprint density at radius 3 is 2.78 bits per heavy atom. The van der Waals surface area contributed by atoms with Crippen molar-refractivity contribution in [2.24, 2.45) is 5.92 Å².